The Balaban J connectivity index is 2.81. The van der Waals surface area contributed by atoms with E-state index in [1.54, 1.807) is 18.2 Å². The lowest BCUT2D eigenvalue weighted by Gasteiger charge is -1.99. The summed E-state index contributed by atoms with van der Waals surface area (Å²) < 4.78 is 5.09. The van der Waals surface area contributed by atoms with Gasteiger partial charge in [0, 0.05) is 5.39 Å². The molecule has 1 heterocycles. The van der Waals surface area contributed by atoms with Crippen LogP contribution >= 0.6 is 11.6 Å². The van der Waals surface area contributed by atoms with Gasteiger partial charge in [-0.2, -0.15) is 0 Å². The van der Waals surface area contributed by atoms with Gasteiger partial charge >= 0.3 is 5.97 Å². The van der Waals surface area contributed by atoms with Crippen LogP contribution in [0.5, 0.6) is 5.75 Å². The Morgan fingerprint density at radius 3 is 2.87 bits per heavy atom. The zero-order chi connectivity index (χ0) is 11.0. The minimum Gasteiger partial charge on any atom is -0.495 e. The van der Waals surface area contributed by atoms with E-state index < -0.39 is 5.97 Å². The molecule has 5 heteroatoms. The predicted molar refractivity (Wildman–Crippen MR) is 56.8 cm³/mol. The first kappa shape index (κ1) is 9.86. The van der Waals surface area contributed by atoms with Crippen molar-refractivity contribution >= 4 is 28.5 Å². The number of carboxylic acid groups (broad SMARTS) is 1. The molecule has 0 amide bonds. The highest BCUT2D eigenvalue weighted by Gasteiger charge is 2.17. The normalized spacial score (nSPS) is 10.5. The first-order chi connectivity index (χ1) is 7.15. The van der Waals surface area contributed by atoms with Gasteiger partial charge < -0.3 is 14.8 Å². The van der Waals surface area contributed by atoms with Gasteiger partial charge in [0.1, 0.15) is 11.4 Å². The number of halogens is 1. The number of para-hydroxylation sites is 1. The zero-order valence-electron chi connectivity index (χ0n) is 7.87. The second-order valence-electron chi connectivity index (χ2n) is 3.00. The first-order valence-electron chi connectivity index (χ1n) is 4.22. The predicted octanol–water partition coefficient (Wildman–Crippen LogP) is 2.53. The zero-order valence-corrected chi connectivity index (χ0v) is 8.63. The van der Waals surface area contributed by atoms with Gasteiger partial charge in [-0.05, 0) is 6.07 Å². The minimum atomic E-state index is -1.08. The fraction of sp³-hybridized carbons (Fsp3) is 0.100. The number of fused-ring (bicyclic) bond motifs is 1. The summed E-state index contributed by atoms with van der Waals surface area (Å²) >= 11 is 5.91. The average Bonchev–Trinajstić information content (AvgIpc) is 2.56. The molecule has 1 aromatic heterocycles. The highest BCUT2D eigenvalue weighted by Crippen LogP contribution is 2.32. The van der Waals surface area contributed by atoms with Crippen LogP contribution in [-0.2, 0) is 0 Å². The molecule has 0 aliphatic rings. The molecule has 0 bridgehead atoms. The number of ether oxygens (including phenoxy) is 1. The van der Waals surface area contributed by atoms with E-state index in [0.717, 1.165) is 0 Å². The number of carboxylic acids is 1. The van der Waals surface area contributed by atoms with Gasteiger partial charge in [0.15, 0.2) is 0 Å². The van der Waals surface area contributed by atoms with Crippen molar-refractivity contribution in [3.63, 3.8) is 0 Å². The van der Waals surface area contributed by atoms with Crippen molar-refractivity contribution in [1.29, 1.82) is 0 Å². The van der Waals surface area contributed by atoms with Crippen molar-refractivity contribution in [2.45, 2.75) is 0 Å². The monoisotopic (exact) mass is 225 g/mol. The van der Waals surface area contributed by atoms with E-state index in [2.05, 4.69) is 4.98 Å². The minimum absolute atomic E-state index is 0.0174. The van der Waals surface area contributed by atoms with Crippen LogP contribution in [0.15, 0.2) is 18.2 Å². The summed E-state index contributed by atoms with van der Waals surface area (Å²) in [5.74, 6) is -0.514. The number of aromatic carboxylic acids is 1. The average molecular weight is 226 g/mol. The molecule has 4 nitrogen and oxygen atoms in total. The Labute approximate surface area is 90.4 Å². The van der Waals surface area contributed by atoms with Crippen LogP contribution in [0.4, 0.5) is 0 Å². The standard InChI is InChI=1S/C10H8ClNO3/c1-15-6-4-2-3-5-7(11)9(10(13)14)12-8(5)6/h2-4,12H,1H3,(H,13,14). The second-order valence-corrected chi connectivity index (χ2v) is 3.38. The molecule has 0 aliphatic heterocycles. The molecule has 15 heavy (non-hydrogen) atoms. The Hall–Kier alpha value is -1.68. The maximum Gasteiger partial charge on any atom is 0.353 e. The van der Waals surface area contributed by atoms with Crippen LogP contribution in [0.3, 0.4) is 0 Å². The molecule has 0 spiro atoms. The van der Waals surface area contributed by atoms with Crippen LogP contribution < -0.4 is 4.74 Å². The van der Waals surface area contributed by atoms with Crippen molar-refractivity contribution < 1.29 is 14.6 Å². The highest BCUT2D eigenvalue weighted by atomic mass is 35.5. The van der Waals surface area contributed by atoms with E-state index in [9.17, 15) is 4.79 Å². The van der Waals surface area contributed by atoms with Crippen LogP contribution in [0.1, 0.15) is 10.5 Å². The topological polar surface area (TPSA) is 62.3 Å². The summed E-state index contributed by atoms with van der Waals surface area (Å²) in [6.45, 7) is 0. The number of methoxy groups -OCH3 is 1. The van der Waals surface area contributed by atoms with Crippen LogP contribution in [0.25, 0.3) is 10.9 Å². The molecule has 78 valence electrons. The van der Waals surface area contributed by atoms with Crippen LogP contribution in [0, 0.1) is 0 Å². The molecule has 1 aromatic carbocycles. The summed E-state index contributed by atoms with van der Waals surface area (Å²) in [6.07, 6.45) is 0. The number of carbonyl (C=O) groups is 1. The molecule has 0 atom stereocenters. The Bertz CT molecular complexity index is 533. The first-order valence-corrected chi connectivity index (χ1v) is 4.60. The van der Waals surface area contributed by atoms with Gasteiger partial charge in [-0.15, -0.1) is 0 Å². The lowest BCUT2D eigenvalue weighted by molar-refractivity contribution is 0.0692. The third kappa shape index (κ3) is 1.43. The van der Waals surface area contributed by atoms with Gasteiger partial charge in [0.25, 0.3) is 0 Å². The largest absolute Gasteiger partial charge is 0.495 e. The maximum absolute atomic E-state index is 10.8. The summed E-state index contributed by atoms with van der Waals surface area (Å²) in [5.41, 5.74) is 0.582. The van der Waals surface area contributed by atoms with E-state index in [-0.39, 0.29) is 10.7 Å². The van der Waals surface area contributed by atoms with Gasteiger partial charge in [0.05, 0.1) is 17.6 Å². The molecule has 0 saturated heterocycles. The molecule has 2 rings (SSSR count). The van der Waals surface area contributed by atoms with Gasteiger partial charge in [-0.3, -0.25) is 0 Å². The molecule has 0 unspecified atom stereocenters. The van der Waals surface area contributed by atoms with Gasteiger partial charge in [0.2, 0.25) is 0 Å². The van der Waals surface area contributed by atoms with Gasteiger partial charge in [-0.25, -0.2) is 4.79 Å². The molecular weight excluding hydrogens is 218 g/mol. The van der Waals surface area contributed by atoms with E-state index in [0.29, 0.717) is 16.7 Å². The van der Waals surface area contributed by atoms with E-state index in [1.165, 1.54) is 7.11 Å². The smallest absolute Gasteiger partial charge is 0.353 e. The summed E-state index contributed by atoms with van der Waals surface area (Å²) in [4.78, 5) is 13.6. The third-order valence-corrected chi connectivity index (χ3v) is 2.56. The van der Waals surface area contributed by atoms with Gasteiger partial charge in [-0.1, -0.05) is 23.7 Å². The SMILES string of the molecule is COc1cccc2c(Cl)c(C(=O)O)[nH]c12. The Morgan fingerprint density at radius 1 is 1.53 bits per heavy atom. The Kier molecular flexibility index (Phi) is 2.28. The molecular formula is C10H8ClNO3. The van der Waals surface area contributed by atoms with Crippen molar-refractivity contribution in [2.24, 2.45) is 0 Å². The van der Waals surface area contributed by atoms with Crippen LogP contribution in [0.2, 0.25) is 5.02 Å². The quantitative estimate of drug-likeness (QED) is 0.826. The fourth-order valence-electron chi connectivity index (χ4n) is 1.47. The van der Waals surface area contributed by atoms with Crippen molar-refractivity contribution in [3.8, 4) is 5.75 Å². The molecule has 0 radical (unpaired) electrons. The van der Waals surface area contributed by atoms with E-state index in [4.69, 9.17) is 21.4 Å². The fourth-order valence-corrected chi connectivity index (χ4v) is 1.76. The number of nitrogens with one attached hydrogen (secondary N) is 1. The van der Waals surface area contributed by atoms with Crippen LogP contribution in [-0.4, -0.2) is 23.2 Å². The summed E-state index contributed by atoms with van der Waals surface area (Å²) in [7, 11) is 1.52. The summed E-state index contributed by atoms with van der Waals surface area (Å²) in [5, 5.41) is 9.73. The second kappa shape index (κ2) is 3.47. The highest BCUT2D eigenvalue weighted by molar-refractivity contribution is 6.38. The van der Waals surface area contributed by atoms with E-state index >= 15 is 0 Å². The van der Waals surface area contributed by atoms with E-state index in [1.807, 2.05) is 0 Å². The van der Waals surface area contributed by atoms with Crippen molar-refractivity contribution in [1.82, 2.24) is 4.98 Å². The number of rotatable bonds is 2. The maximum atomic E-state index is 10.8. The third-order valence-electron chi connectivity index (χ3n) is 2.17. The number of hydrogen-bond donors (Lipinski definition) is 2. The molecule has 2 aromatic rings. The molecule has 0 saturated carbocycles. The number of H-pyrrole nitrogens is 1. The van der Waals surface area contributed by atoms with Crippen molar-refractivity contribution in [3.05, 3.63) is 28.9 Å². The Morgan fingerprint density at radius 2 is 2.27 bits per heavy atom. The molecule has 2 N–H and O–H groups in total. The number of aromatic amines is 1. The lowest BCUT2D eigenvalue weighted by Crippen LogP contribution is -1.96. The number of aromatic nitrogens is 1. The number of hydrogen-bond acceptors (Lipinski definition) is 2. The molecule has 0 fully saturated rings. The number of benzene rings is 1. The lowest BCUT2D eigenvalue weighted by atomic mass is 10.2. The summed E-state index contributed by atoms with van der Waals surface area (Å²) in [6, 6.07) is 5.23. The van der Waals surface area contributed by atoms with Crippen molar-refractivity contribution in [2.75, 3.05) is 7.11 Å². The molecule has 0 aliphatic carbocycles.